The van der Waals surface area contributed by atoms with Gasteiger partial charge in [-0.05, 0) is 31.2 Å². The van der Waals surface area contributed by atoms with Gasteiger partial charge in [-0.3, -0.25) is 5.32 Å². The first-order valence-corrected chi connectivity index (χ1v) is 8.01. The Kier molecular flexibility index (Phi) is 4.22. The van der Waals surface area contributed by atoms with E-state index < -0.39 is 0 Å². The molecule has 0 bridgehead atoms. The summed E-state index contributed by atoms with van der Waals surface area (Å²) in [5.41, 5.74) is 0.868. The maximum Gasteiger partial charge on any atom is 0.320 e. The SMILES string of the molecule is CSC1(CNC(=O)Nc2ccc(C(C)(C)C)nn2)CC1. The average Bonchev–Trinajstić information content (AvgIpc) is 3.17. The van der Waals surface area contributed by atoms with E-state index in [1.807, 2.05) is 17.8 Å². The molecule has 0 aromatic carbocycles. The quantitative estimate of drug-likeness (QED) is 0.896. The number of urea groups is 1. The lowest BCUT2D eigenvalue weighted by molar-refractivity contribution is 0.252. The normalized spacial score (nSPS) is 16.6. The van der Waals surface area contributed by atoms with Gasteiger partial charge in [0, 0.05) is 16.7 Å². The Hall–Kier alpha value is -1.30. The first-order valence-electron chi connectivity index (χ1n) is 6.79. The third kappa shape index (κ3) is 3.85. The highest BCUT2D eigenvalue weighted by Gasteiger charge is 2.41. The van der Waals surface area contributed by atoms with Crippen molar-refractivity contribution in [3.63, 3.8) is 0 Å². The zero-order chi connectivity index (χ0) is 14.8. The second-order valence-corrected chi connectivity index (χ2v) is 7.52. The predicted molar refractivity (Wildman–Crippen MR) is 83.2 cm³/mol. The van der Waals surface area contributed by atoms with E-state index in [0.717, 1.165) is 5.69 Å². The number of hydrogen-bond acceptors (Lipinski definition) is 4. The Bertz CT molecular complexity index is 477. The van der Waals surface area contributed by atoms with Crippen LogP contribution in [0.25, 0.3) is 0 Å². The van der Waals surface area contributed by atoms with Crippen LogP contribution in [0, 0.1) is 0 Å². The van der Waals surface area contributed by atoms with Crippen LogP contribution in [0.5, 0.6) is 0 Å². The van der Waals surface area contributed by atoms with Gasteiger partial charge in [0.2, 0.25) is 0 Å². The van der Waals surface area contributed by atoms with Crippen LogP contribution in [0.2, 0.25) is 0 Å². The summed E-state index contributed by atoms with van der Waals surface area (Å²) in [6.45, 7) is 6.93. The van der Waals surface area contributed by atoms with Gasteiger partial charge in [-0.15, -0.1) is 5.10 Å². The minimum Gasteiger partial charge on any atom is -0.336 e. The Morgan fingerprint density at radius 3 is 2.50 bits per heavy atom. The van der Waals surface area contributed by atoms with E-state index in [9.17, 15) is 4.79 Å². The van der Waals surface area contributed by atoms with E-state index in [1.54, 1.807) is 6.07 Å². The number of nitrogens with one attached hydrogen (secondary N) is 2. The Morgan fingerprint density at radius 2 is 2.05 bits per heavy atom. The van der Waals surface area contributed by atoms with Crippen molar-refractivity contribution >= 4 is 23.6 Å². The maximum absolute atomic E-state index is 11.8. The van der Waals surface area contributed by atoms with E-state index >= 15 is 0 Å². The molecule has 6 heteroatoms. The monoisotopic (exact) mass is 294 g/mol. The van der Waals surface area contributed by atoms with Crippen molar-refractivity contribution in [1.29, 1.82) is 0 Å². The summed E-state index contributed by atoms with van der Waals surface area (Å²) in [6, 6.07) is 3.46. The van der Waals surface area contributed by atoms with Crippen molar-refractivity contribution in [2.45, 2.75) is 43.8 Å². The van der Waals surface area contributed by atoms with Gasteiger partial charge in [-0.25, -0.2) is 4.79 Å². The summed E-state index contributed by atoms with van der Waals surface area (Å²) in [5.74, 6) is 0.476. The summed E-state index contributed by atoms with van der Waals surface area (Å²) < 4.78 is 0.263. The van der Waals surface area contributed by atoms with E-state index in [4.69, 9.17) is 0 Å². The van der Waals surface area contributed by atoms with Gasteiger partial charge in [0.05, 0.1) is 5.69 Å². The van der Waals surface area contributed by atoms with Gasteiger partial charge in [-0.1, -0.05) is 20.8 Å². The summed E-state index contributed by atoms with van der Waals surface area (Å²) in [4.78, 5) is 11.8. The molecule has 0 radical (unpaired) electrons. The maximum atomic E-state index is 11.8. The van der Waals surface area contributed by atoms with Crippen molar-refractivity contribution in [3.05, 3.63) is 17.8 Å². The number of amides is 2. The highest BCUT2D eigenvalue weighted by atomic mass is 32.2. The molecule has 110 valence electrons. The molecule has 0 saturated heterocycles. The molecular weight excluding hydrogens is 272 g/mol. The van der Waals surface area contributed by atoms with Crippen LogP contribution in [-0.4, -0.2) is 33.8 Å². The number of aromatic nitrogens is 2. The topological polar surface area (TPSA) is 66.9 Å². The number of carbonyl (C=O) groups excluding carboxylic acids is 1. The van der Waals surface area contributed by atoms with Crippen LogP contribution < -0.4 is 10.6 Å². The molecule has 1 saturated carbocycles. The van der Waals surface area contributed by atoms with Crippen LogP contribution >= 0.6 is 11.8 Å². The fourth-order valence-electron chi connectivity index (χ4n) is 1.79. The van der Waals surface area contributed by atoms with Crippen LogP contribution in [0.4, 0.5) is 10.6 Å². The smallest absolute Gasteiger partial charge is 0.320 e. The summed E-state index contributed by atoms with van der Waals surface area (Å²) in [6.07, 6.45) is 4.44. The molecule has 1 aliphatic carbocycles. The fourth-order valence-corrected chi connectivity index (χ4v) is 2.52. The molecule has 5 nitrogen and oxygen atoms in total. The molecule has 2 N–H and O–H groups in total. The lowest BCUT2D eigenvalue weighted by Crippen LogP contribution is -2.35. The minimum atomic E-state index is -0.219. The third-order valence-corrected chi connectivity index (χ3v) is 4.90. The molecule has 1 aliphatic rings. The van der Waals surface area contributed by atoms with Crippen LogP contribution in [0.1, 0.15) is 39.3 Å². The molecule has 1 aromatic heterocycles. The number of rotatable bonds is 4. The van der Waals surface area contributed by atoms with E-state index in [-0.39, 0.29) is 16.2 Å². The molecule has 0 aliphatic heterocycles. The highest BCUT2D eigenvalue weighted by molar-refractivity contribution is 8.00. The fraction of sp³-hybridized carbons (Fsp3) is 0.643. The van der Waals surface area contributed by atoms with Crippen molar-refractivity contribution < 1.29 is 4.79 Å². The summed E-state index contributed by atoms with van der Waals surface area (Å²) in [7, 11) is 0. The van der Waals surface area contributed by atoms with Crippen LogP contribution in [0.15, 0.2) is 12.1 Å². The lowest BCUT2D eigenvalue weighted by atomic mass is 9.92. The van der Waals surface area contributed by atoms with E-state index in [0.29, 0.717) is 12.4 Å². The lowest BCUT2D eigenvalue weighted by Gasteiger charge is -2.17. The summed E-state index contributed by atoms with van der Waals surface area (Å²) >= 11 is 1.82. The van der Waals surface area contributed by atoms with Crippen molar-refractivity contribution in [2.24, 2.45) is 0 Å². The van der Waals surface area contributed by atoms with Gasteiger partial charge in [0.15, 0.2) is 5.82 Å². The van der Waals surface area contributed by atoms with Gasteiger partial charge in [0.1, 0.15) is 0 Å². The molecule has 0 spiro atoms. The van der Waals surface area contributed by atoms with Crippen molar-refractivity contribution in [3.8, 4) is 0 Å². The molecule has 1 heterocycles. The van der Waals surface area contributed by atoms with E-state index in [1.165, 1.54) is 12.8 Å². The Morgan fingerprint density at radius 1 is 1.35 bits per heavy atom. The number of nitrogens with zero attached hydrogens (tertiary/aromatic N) is 2. The molecule has 0 unspecified atom stereocenters. The van der Waals surface area contributed by atoms with Crippen LogP contribution in [-0.2, 0) is 5.41 Å². The van der Waals surface area contributed by atoms with Gasteiger partial charge in [0.25, 0.3) is 0 Å². The zero-order valence-electron chi connectivity index (χ0n) is 12.5. The molecule has 0 atom stereocenters. The second-order valence-electron chi connectivity index (χ2n) is 6.25. The molecule has 1 aromatic rings. The molecule has 2 rings (SSSR count). The van der Waals surface area contributed by atoms with E-state index in [2.05, 4.69) is 47.9 Å². The molecule has 2 amide bonds. The largest absolute Gasteiger partial charge is 0.336 e. The predicted octanol–water partition coefficient (Wildman–Crippen LogP) is 2.79. The Labute approximate surface area is 124 Å². The first kappa shape index (κ1) is 15.1. The van der Waals surface area contributed by atoms with Gasteiger partial charge < -0.3 is 5.32 Å². The van der Waals surface area contributed by atoms with Crippen molar-refractivity contribution in [1.82, 2.24) is 15.5 Å². The Balaban J connectivity index is 1.85. The standard InChI is InChI=1S/C14H22N4OS/c1-13(2,3)10-5-6-11(18-17-10)16-12(19)15-9-14(20-4)7-8-14/h5-6H,7-9H2,1-4H3,(H2,15,16,18,19). The number of hydrogen-bond donors (Lipinski definition) is 2. The zero-order valence-corrected chi connectivity index (χ0v) is 13.3. The first-order chi connectivity index (χ1) is 9.35. The molecule has 20 heavy (non-hydrogen) atoms. The molecule has 1 fully saturated rings. The minimum absolute atomic E-state index is 0.0372. The average molecular weight is 294 g/mol. The summed E-state index contributed by atoms with van der Waals surface area (Å²) in [5, 5.41) is 13.8. The second kappa shape index (κ2) is 5.60. The van der Waals surface area contributed by atoms with Crippen LogP contribution in [0.3, 0.4) is 0 Å². The molecular formula is C14H22N4OS. The third-order valence-electron chi connectivity index (χ3n) is 3.49. The highest BCUT2D eigenvalue weighted by Crippen LogP contribution is 2.46. The van der Waals surface area contributed by atoms with Gasteiger partial charge >= 0.3 is 6.03 Å². The van der Waals surface area contributed by atoms with Crippen molar-refractivity contribution in [2.75, 3.05) is 18.1 Å². The van der Waals surface area contributed by atoms with Gasteiger partial charge in [-0.2, -0.15) is 16.9 Å². The number of anilines is 1. The number of carbonyl (C=O) groups is 1. The number of thioether (sulfide) groups is 1.